The first-order chi connectivity index (χ1) is 17.8. The number of rotatable bonds is 9. The monoisotopic (exact) mass is 522 g/mol. The molecule has 4 rings (SSSR count). The van der Waals surface area contributed by atoms with Gasteiger partial charge in [-0.2, -0.15) is 0 Å². The highest BCUT2D eigenvalue weighted by Gasteiger charge is 2.45. The van der Waals surface area contributed by atoms with E-state index in [0.29, 0.717) is 24.5 Å². The van der Waals surface area contributed by atoms with E-state index in [1.807, 2.05) is 6.07 Å². The molecule has 2 heterocycles. The van der Waals surface area contributed by atoms with Gasteiger partial charge in [-0.1, -0.05) is 12.1 Å². The minimum Gasteiger partial charge on any atom is -0.504 e. The number of hydrogen-bond acceptors (Lipinski definition) is 11. The Balaban J connectivity index is 1.49. The number of aliphatic hydroxyl groups is 5. The molecule has 0 aromatic heterocycles. The number of hydrogen-bond donors (Lipinski definition) is 6. The van der Waals surface area contributed by atoms with E-state index in [2.05, 4.69) is 0 Å². The normalized spacial score (nSPS) is 31.8. The Kier molecular flexibility index (Phi) is 8.75. The molecule has 11 heteroatoms. The van der Waals surface area contributed by atoms with Crippen LogP contribution in [0.2, 0.25) is 0 Å². The quantitative estimate of drug-likeness (QED) is 0.265. The Morgan fingerprint density at radius 2 is 1.62 bits per heavy atom. The fourth-order valence-corrected chi connectivity index (χ4v) is 4.92. The molecule has 2 aromatic rings. The van der Waals surface area contributed by atoms with Gasteiger partial charge in [-0.05, 0) is 47.7 Å². The van der Waals surface area contributed by atoms with Crippen LogP contribution < -0.4 is 14.2 Å². The molecule has 8 atom stereocenters. The number of aliphatic hydroxyl groups excluding tert-OH is 5. The minimum atomic E-state index is -1.57. The molecule has 0 radical (unpaired) electrons. The van der Waals surface area contributed by atoms with Crippen LogP contribution >= 0.6 is 0 Å². The van der Waals surface area contributed by atoms with E-state index in [1.165, 1.54) is 14.2 Å². The molecule has 0 unspecified atom stereocenters. The summed E-state index contributed by atoms with van der Waals surface area (Å²) >= 11 is 0. The summed E-state index contributed by atoms with van der Waals surface area (Å²) in [5.74, 6) is 0.766. The molecule has 204 valence electrons. The van der Waals surface area contributed by atoms with Crippen molar-refractivity contribution in [2.75, 3.05) is 34.0 Å². The van der Waals surface area contributed by atoms with Crippen molar-refractivity contribution < 1.29 is 54.3 Å². The molecule has 37 heavy (non-hydrogen) atoms. The third-order valence-electron chi connectivity index (χ3n) is 7.04. The molecule has 6 N–H and O–H groups in total. The molecular weight excluding hydrogens is 488 g/mol. The maximum Gasteiger partial charge on any atom is 0.229 e. The second kappa shape index (κ2) is 11.8. The Bertz CT molecular complexity index is 1050. The lowest BCUT2D eigenvalue weighted by Crippen LogP contribution is -2.60. The summed E-state index contributed by atoms with van der Waals surface area (Å²) in [7, 11) is 2.93. The van der Waals surface area contributed by atoms with Crippen LogP contribution in [0.1, 0.15) is 17.2 Å². The lowest BCUT2D eigenvalue weighted by molar-refractivity contribution is -0.277. The lowest BCUT2D eigenvalue weighted by atomic mass is 9.84. The summed E-state index contributed by atoms with van der Waals surface area (Å²) in [6.45, 7) is -0.249. The van der Waals surface area contributed by atoms with Crippen molar-refractivity contribution in [3.05, 3.63) is 47.5 Å². The minimum absolute atomic E-state index is 0.0142. The van der Waals surface area contributed by atoms with Crippen molar-refractivity contribution in [2.45, 2.75) is 43.2 Å². The second-order valence-electron chi connectivity index (χ2n) is 9.30. The highest BCUT2D eigenvalue weighted by molar-refractivity contribution is 5.44. The third-order valence-corrected chi connectivity index (χ3v) is 7.04. The van der Waals surface area contributed by atoms with Gasteiger partial charge in [0, 0.05) is 12.5 Å². The number of phenols is 1. The van der Waals surface area contributed by atoms with Gasteiger partial charge in [-0.15, -0.1) is 0 Å². The molecule has 11 nitrogen and oxygen atoms in total. The Morgan fingerprint density at radius 1 is 0.865 bits per heavy atom. The molecule has 0 amide bonds. The zero-order chi connectivity index (χ0) is 26.7. The first-order valence-corrected chi connectivity index (χ1v) is 12.0. The maximum absolute atomic E-state index is 10.3. The van der Waals surface area contributed by atoms with Gasteiger partial charge in [0.1, 0.15) is 24.4 Å². The summed E-state index contributed by atoms with van der Waals surface area (Å²) in [6.07, 6.45) is -6.86. The molecule has 0 spiro atoms. The SMILES string of the molecule is COc1cc(C[C@@H]2CO[C@@H](c3ccc(O[C@H]4O[C@@H](CO)[C@@H](O)[C@@H](O)[C@H]4O)c(OC)c3)[C@@H]2CO)ccc1O. The fourth-order valence-electron chi connectivity index (χ4n) is 4.92. The Morgan fingerprint density at radius 3 is 2.30 bits per heavy atom. The average molecular weight is 523 g/mol. The molecule has 2 aliphatic heterocycles. The summed E-state index contributed by atoms with van der Waals surface area (Å²) in [5.41, 5.74) is 1.70. The van der Waals surface area contributed by atoms with Crippen LogP contribution in [0.4, 0.5) is 0 Å². The van der Waals surface area contributed by atoms with Crippen molar-refractivity contribution in [3.8, 4) is 23.0 Å². The summed E-state index contributed by atoms with van der Waals surface area (Å²) in [5, 5.41) is 59.7. The molecule has 0 saturated carbocycles. The Labute approximate surface area is 214 Å². The van der Waals surface area contributed by atoms with Gasteiger partial charge >= 0.3 is 0 Å². The standard InChI is InChI=1S/C26H34O11/c1-33-19-8-13(3-5-17(19)29)7-15-12-35-25(16(15)10-27)14-4-6-18(20(9-14)34-2)36-26-24(32)23(31)22(30)21(11-28)37-26/h3-6,8-9,15-16,21-32H,7,10-12H2,1-2H3/t15-,16-,21+,22-,23-,24-,25+,26+/m1/s1. The van der Waals surface area contributed by atoms with Crippen LogP contribution in [0.15, 0.2) is 36.4 Å². The molecule has 0 aliphatic carbocycles. The smallest absolute Gasteiger partial charge is 0.229 e. The van der Waals surface area contributed by atoms with Crippen molar-refractivity contribution in [3.63, 3.8) is 0 Å². The fraction of sp³-hybridized carbons (Fsp3) is 0.538. The number of ether oxygens (including phenoxy) is 5. The van der Waals surface area contributed by atoms with Crippen molar-refractivity contribution in [2.24, 2.45) is 11.8 Å². The van der Waals surface area contributed by atoms with Gasteiger partial charge in [0.25, 0.3) is 0 Å². The molecule has 2 aromatic carbocycles. The molecular formula is C26H34O11. The molecule has 0 bridgehead atoms. The van der Waals surface area contributed by atoms with Crippen molar-refractivity contribution in [1.82, 2.24) is 0 Å². The molecule has 2 fully saturated rings. The zero-order valence-electron chi connectivity index (χ0n) is 20.6. The van der Waals surface area contributed by atoms with Gasteiger partial charge < -0.3 is 54.3 Å². The summed E-state index contributed by atoms with van der Waals surface area (Å²) in [6, 6.07) is 10.2. The number of benzene rings is 2. The number of phenolic OH excluding ortho intramolecular Hbond substituents is 1. The van der Waals surface area contributed by atoms with Crippen molar-refractivity contribution in [1.29, 1.82) is 0 Å². The number of methoxy groups -OCH3 is 2. The predicted molar refractivity (Wildman–Crippen MR) is 129 cm³/mol. The third kappa shape index (κ3) is 5.63. The highest BCUT2D eigenvalue weighted by Crippen LogP contribution is 2.43. The van der Waals surface area contributed by atoms with E-state index in [0.717, 1.165) is 11.1 Å². The van der Waals surface area contributed by atoms with Crippen LogP contribution in [0.5, 0.6) is 23.0 Å². The average Bonchev–Trinajstić information content (AvgIpc) is 3.32. The van der Waals surface area contributed by atoms with Gasteiger partial charge in [-0.3, -0.25) is 0 Å². The van der Waals surface area contributed by atoms with Crippen molar-refractivity contribution >= 4 is 0 Å². The first-order valence-electron chi connectivity index (χ1n) is 12.0. The van der Waals surface area contributed by atoms with Crippen LogP contribution in [0, 0.1) is 11.8 Å². The first kappa shape index (κ1) is 27.4. The van der Waals surface area contributed by atoms with E-state index < -0.39 is 43.4 Å². The second-order valence-corrected chi connectivity index (χ2v) is 9.30. The number of aromatic hydroxyl groups is 1. The van der Waals surface area contributed by atoms with Crippen LogP contribution in [0.3, 0.4) is 0 Å². The van der Waals surface area contributed by atoms with Gasteiger partial charge in [-0.25, -0.2) is 0 Å². The summed E-state index contributed by atoms with van der Waals surface area (Å²) in [4.78, 5) is 0. The maximum atomic E-state index is 10.3. The highest BCUT2D eigenvalue weighted by atomic mass is 16.7. The summed E-state index contributed by atoms with van der Waals surface area (Å²) < 4.78 is 27.9. The van der Waals surface area contributed by atoms with Crippen LogP contribution in [-0.4, -0.2) is 95.4 Å². The van der Waals surface area contributed by atoms with Gasteiger partial charge in [0.05, 0.1) is 33.5 Å². The van der Waals surface area contributed by atoms with E-state index in [9.17, 15) is 30.6 Å². The lowest BCUT2D eigenvalue weighted by Gasteiger charge is -2.39. The Hall–Kier alpha value is -2.64. The zero-order valence-corrected chi connectivity index (χ0v) is 20.6. The van der Waals surface area contributed by atoms with E-state index >= 15 is 0 Å². The van der Waals surface area contributed by atoms with E-state index in [4.69, 9.17) is 23.7 Å². The van der Waals surface area contributed by atoms with E-state index in [-0.39, 0.29) is 29.9 Å². The van der Waals surface area contributed by atoms with Gasteiger partial charge in [0.15, 0.2) is 23.0 Å². The predicted octanol–water partition coefficient (Wildman–Crippen LogP) is 0.127. The topological polar surface area (TPSA) is 168 Å². The van der Waals surface area contributed by atoms with E-state index in [1.54, 1.807) is 30.3 Å². The van der Waals surface area contributed by atoms with Gasteiger partial charge in [0.2, 0.25) is 6.29 Å². The largest absolute Gasteiger partial charge is 0.504 e. The van der Waals surface area contributed by atoms with Crippen LogP contribution in [0.25, 0.3) is 0 Å². The molecule has 2 aliphatic rings. The molecule has 2 saturated heterocycles. The van der Waals surface area contributed by atoms with Crippen LogP contribution in [-0.2, 0) is 15.9 Å².